The summed E-state index contributed by atoms with van der Waals surface area (Å²) in [5, 5.41) is 0. The van der Waals surface area contributed by atoms with Crippen molar-refractivity contribution in [3.63, 3.8) is 0 Å². The van der Waals surface area contributed by atoms with Gasteiger partial charge < -0.3 is 14.5 Å². The fourth-order valence-electron chi connectivity index (χ4n) is 3.72. The van der Waals surface area contributed by atoms with Crippen molar-refractivity contribution in [2.75, 3.05) is 19.7 Å². The summed E-state index contributed by atoms with van der Waals surface area (Å²) in [4.78, 5) is 29.2. The maximum absolute atomic E-state index is 13.1. The van der Waals surface area contributed by atoms with Crippen molar-refractivity contribution in [2.45, 2.75) is 51.3 Å². The molecule has 5 nitrogen and oxygen atoms in total. The molecule has 0 aromatic heterocycles. The first-order valence-electron chi connectivity index (χ1n) is 8.86. The van der Waals surface area contributed by atoms with Gasteiger partial charge in [0.25, 0.3) is 5.91 Å². The van der Waals surface area contributed by atoms with Gasteiger partial charge in [-0.1, -0.05) is 30.3 Å². The lowest BCUT2D eigenvalue weighted by Crippen LogP contribution is -2.57. The number of rotatable bonds is 3. The van der Waals surface area contributed by atoms with Crippen LogP contribution in [0.25, 0.3) is 0 Å². The van der Waals surface area contributed by atoms with Crippen LogP contribution >= 0.6 is 0 Å². The molecule has 0 unspecified atom stereocenters. The van der Waals surface area contributed by atoms with Crippen LogP contribution in [-0.4, -0.2) is 53.5 Å². The molecule has 2 aliphatic rings. The number of hydrogen-bond acceptors (Lipinski definition) is 3. The molecule has 2 heterocycles. The molecule has 2 saturated heterocycles. The highest BCUT2D eigenvalue weighted by Gasteiger charge is 2.44. The lowest BCUT2D eigenvalue weighted by atomic mass is 9.95. The van der Waals surface area contributed by atoms with E-state index in [0.29, 0.717) is 0 Å². The minimum atomic E-state index is -0.620. The number of morpholine rings is 1. The maximum Gasteiger partial charge on any atom is 0.254 e. The van der Waals surface area contributed by atoms with Crippen LogP contribution in [0.15, 0.2) is 30.3 Å². The van der Waals surface area contributed by atoms with Crippen molar-refractivity contribution in [1.82, 2.24) is 9.80 Å². The summed E-state index contributed by atoms with van der Waals surface area (Å²) >= 11 is 0. The monoisotopic (exact) mass is 330 g/mol. The van der Waals surface area contributed by atoms with Gasteiger partial charge in [-0.3, -0.25) is 9.59 Å². The number of benzene rings is 1. The van der Waals surface area contributed by atoms with Gasteiger partial charge in [-0.2, -0.15) is 0 Å². The average molecular weight is 330 g/mol. The van der Waals surface area contributed by atoms with Crippen LogP contribution in [0.5, 0.6) is 0 Å². The van der Waals surface area contributed by atoms with E-state index in [1.54, 1.807) is 0 Å². The van der Waals surface area contributed by atoms with Crippen molar-refractivity contribution in [1.29, 1.82) is 0 Å². The molecule has 1 aromatic carbocycles. The first-order chi connectivity index (χ1) is 11.6. The molecule has 0 N–H and O–H groups in total. The molecule has 0 spiro atoms. The van der Waals surface area contributed by atoms with Gasteiger partial charge in [0.15, 0.2) is 6.10 Å². The second-order valence-corrected chi connectivity index (χ2v) is 6.87. The van der Waals surface area contributed by atoms with Crippen molar-refractivity contribution in [2.24, 2.45) is 0 Å². The summed E-state index contributed by atoms with van der Waals surface area (Å²) < 4.78 is 5.77. The molecule has 5 heteroatoms. The van der Waals surface area contributed by atoms with Gasteiger partial charge in [0.1, 0.15) is 6.61 Å². The zero-order chi connectivity index (χ0) is 17.1. The predicted molar refractivity (Wildman–Crippen MR) is 91.3 cm³/mol. The Balaban J connectivity index is 1.93. The Morgan fingerprint density at radius 1 is 1.12 bits per heavy atom. The molecule has 2 atom stereocenters. The molecule has 24 heavy (non-hydrogen) atoms. The zero-order valence-electron chi connectivity index (χ0n) is 14.5. The first kappa shape index (κ1) is 17.0. The minimum Gasteiger partial charge on any atom is -0.356 e. The normalized spacial score (nSPS) is 25.2. The summed E-state index contributed by atoms with van der Waals surface area (Å²) in [7, 11) is 0. The van der Waals surface area contributed by atoms with Crippen molar-refractivity contribution >= 4 is 11.8 Å². The highest BCUT2D eigenvalue weighted by molar-refractivity contribution is 5.86. The van der Waals surface area contributed by atoms with E-state index >= 15 is 0 Å². The Morgan fingerprint density at radius 2 is 1.79 bits per heavy atom. The summed E-state index contributed by atoms with van der Waals surface area (Å²) in [6.45, 7) is 5.53. The molecular weight excluding hydrogens is 304 g/mol. The molecule has 0 saturated carbocycles. The summed E-state index contributed by atoms with van der Waals surface area (Å²) in [6.07, 6.45) is 2.64. The Morgan fingerprint density at radius 3 is 2.42 bits per heavy atom. The largest absolute Gasteiger partial charge is 0.356 e. The first-order valence-corrected chi connectivity index (χ1v) is 8.86. The second kappa shape index (κ2) is 7.34. The van der Waals surface area contributed by atoms with Gasteiger partial charge in [-0.15, -0.1) is 0 Å². The number of hydrogen-bond donors (Lipinski definition) is 0. The third-order valence-corrected chi connectivity index (χ3v) is 4.87. The SMILES string of the molecule is CC(C)N1C(=O)CO[C@H](C(=O)N2CCCCC2)[C@H]1c1ccccc1. The fraction of sp³-hybridized carbons (Fsp3) is 0.579. The van der Waals surface area contributed by atoms with Gasteiger partial charge in [0, 0.05) is 19.1 Å². The third-order valence-electron chi connectivity index (χ3n) is 4.87. The molecule has 3 rings (SSSR count). The van der Waals surface area contributed by atoms with Crippen LogP contribution in [-0.2, 0) is 14.3 Å². The molecule has 0 radical (unpaired) electrons. The van der Waals surface area contributed by atoms with Gasteiger partial charge in [-0.05, 0) is 38.7 Å². The Kier molecular flexibility index (Phi) is 5.19. The predicted octanol–water partition coefficient (Wildman–Crippen LogP) is 2.38. The Hall–Kier alpha value is -1.88. The quantitative estimate of drug-likeness (QED) is 0.855. The van der Waals surface area contributed by atoms with Crippen molar-refractivity contribution in [3.05, 3.63) is 35.9 Å². The topological polar surface area (TPSA) is 49.9 Å². The molecule has 0 aliphatic carbocycles. The lowest BCUT2D eigenvalue weighted by Gasteiger charge is -2.44. The number of amides is 2. The van der Waals surface area contributed by atoms with E-state index in [-0.39, 0.29) is 30.5 Å². The lowest BCUT2D eigenvalue weighted by molar-refractivity contribution is -0.172. The standard InChI is InChI=1S/C19H26N2O3/c1-14(2)21-16(22)13-24-18(17(21)15-9-5-3-6-10-15)19(23)20-11-7-4-8-12-20/h3,5-6,9-10,14,17-18H,4,7-8,11-13H2,1-2H3/t17-,18+/m1/s1. The molecule has 2 fully saturated rings. The highest BCUT2D eigenvalue weighted by Crippen LogP contribution is 2.33. The van der Waals surface area contributed by atoms with Gasteiger partial charge >= 0.3 is 0 Å². The molecule has 130 valence electrons. The van der Waals surface area contributed by atoms with Crippen LogP contribution < -0.4 is 0 Å². The van der Waals surface area contributed by atoms with E-state index in [0.717, 1.165) is 31.5 Å². The number of carbonyl (C=O) groups excluding carboxylic acids is 2. The number of nitrogens with zero attached hydrogens (tertiary/aromatic N) is 2. The van der Waals surface area contributed by atoms with E-state index < -0.39 is 6.10 Å². The Bertz CT molecular complexity index is 582. The highest BCUT2D eigenvalue weighted by atomic mass is 16.5. The zero-order valence-corrected chi connectivity index (χ0v) is 14.5. The van der Waals surface area contributed by atoms with Crippen molar-refractivity contribution in [3.8, 4) is 0 Å². The average Bonchev–Trinajstić information content (AvgIpc) is 2.62. The smallest absolute Gasteiger partial charge is 0.254 e. The van der Waals surface area contributed by atoms with E-state index in [1.807, 2.05) is 54.0 Å². The summed E-state index contributed by atoms with van der Waals surface area (Å²) in [5.74, 6) is -0.0387. The van der Waals surface area contributed by atoms with Crippen LogP contribution in [0.2, 0.25) is 0 Å². The molecule has 1 aromatic rings. The summed E-state index contributed by atoms with van der Waals surface area (Å²) in [5.41, 5.74) is 0.953. The minimum absolute atomic E-state index is 0.0155. The van der Waals surface area contributed by atoms with Crippen LogP contribution in [0, 0.1) is 0 Å². The number of carbonyl (C=O) groups is 2. The maximum atomic E-state index is 13.1. The van der Waals surface area contributed by atoms with E-state index in [4.69, 9.17) is 4.74 Å². The van der Waals surface area contributed by atoms with E-state index in [2.05, 4.69) is 0 Å². The molecule has 0 bridgehead atoms. The second-order valence-electron chi connectivity index (χ2n) is 6.87. The van der Waals surface area contributed by atoms with Crippen LogP contribution in [0.1, 0.15) is 44.7 Å². The van der Waals surface area contributed by atoms with Gasteiger partial charge in [0.2, 0.25) is 5.91 Å². The third kappa shape index (κ3) is 3.31. The Labute approximate surface area is 143 Å². The van der Waals surface area contributed by atoms with Gasteiger partial charge in [0.05, 0.1) is 6.04 Å². The summed E-state index contributed by atoms with van der Waals surface area (Å²) in [6, 6.07) is 9.42. The number of likely N-dealkylation sites (tertiary alicyclic amines) is 1. The molecular formula is C19H26N2O3. The fourth-order valence-corrected chi connectivity index (χ4v) is 3.72. The van der Waals surface area contributed by atoms with Crippen LogP contribution in [0.4, 0.5) is 0 Å². The van der Waals surface area contributed by atoms with E-state index in [1.165, 1.54) is 6.42 Å². The van der Waals surface area contributed by atoms with Crippen LogP contribution in [0.3, 0.4) is 0 Å². The van der Waals surface area contributed by atoms with Crippen molar-refractivity contribution < 1.29 is 14.3 Å². The molecule has 2 aliphatic heterocycles. The molecule has 2 amide bonds. The van der Waals surface area contributed by atoms with Gasteiger partial charge in [-0.25, -0.2) is 0 Å². The number of piperidine rings is 1. The van der Waals surface area contributed by atoms with E-state index in [9.17, 15) is 9.59 Å². The number of ether oxygens (including phenoxy) is 1.